The number of hydrogen-bond acceptors (Lipinski definition) is 4. The number of carbonyl (C=O) groups is 2. The van der Waals surface area contributed by atoms with Crippen molar-refractivity contribution < 1.29 is 32.6 Å². The van der Waals surface area contributed by atoms with E-state index in [1.807, 2.05) is 6.92 Å². The van der Waals surface area contributed by atoms with Crippen LogP contribution in [-0.2, 0) is 16.1 Å². The van der Waals surface area contributed by atoms with Crippen LogP contribution in [-0.4, -0.2) is 35.9 Å². The number of aliphatic carboxylic acids is 1. The van der Waals surface area contributed by atoms with E-state index in [2.05, 4.69) is 15.4 Å². The maximum Gasteiger partial charge on any atom is 0.573 e. The van der Waals surface area contributed by atoms with Gasteiger partial charge in [-0.2, -0.15) is 0 Å². The highest BCUT2D eigenvalue weighted by molar-refractivity contribution is 5.80. The molecule has 0 saturated heterocycles. The molecule has 0 aliphatic rings. The molecule has 0 aliphatic heterocycles. The van der Waals surface area contributed by atoms with Crippen molar-refractivity contribution in [1.82, 2.24) is 10.6 Å². The number of nitrogens with one attached hydrogen (secondary N) is 2. The van der Waals surface area contributed by atoms with Gasteiger partial charge in [0.2, 0.25) is 5.91 Å². The number of ether oxygens (including phenoxy) is 1. The van der Waals surface area contributed by atoms with Crippen LogP contribution in [0, 0.1) is 5.92 Å². The Bertz CT molecular complexity index is 576. The highest BCUT2D eigenvalue weighted by Crippen LogP contribution is 2.22. The van der Waals surface area contributed by atoms with Gasteiger partial charge < -0.3 is 15.2 Å². The maximum absolute atomic E-state index is 12.1. The van der Waals surface area contributed by atoms with Gasteiger partial charge >= 0.3 is 12.3 Å². The number of amides is 1. The molecule has 9 heteroatoms. The lowest BCUT2D eigenvalue weighted by atomic mass is 9.99. The summed E-state index contributed by atoms with van der Waals surface area (Å²) in [6.45, 7) is 3.56. The minimum absolute atomic E-state index is 0.105. The molecule has 1 amide bonds. The minimum atomic E-state index is -4.75. The van der Waals surface area contributed by atoms with Gasteiger partial charge in [0.25, 0.3) is 0 Å². The summed E-state index contributed by atoms with van der Waals surface area (Å²) in [7, 11) is 0. The van der Waals surface area contributed by atoms with Crippen molar-refractivity contribution in [2.75, 3.05) is 6.54 Å². The van der Waals surface area contributed by atoms with E-state index in [9.17, 15) is 22.8 Å². The van der Waals surface area contributed by atoms with Crippen LogP contribution < -0.4 is 15.4 Å². The lowest BCUT2D eigenvalue weighted by molar-refractivity contribution is -0.274. The molecule has 1 aromatic rings. The van der Waals surface area contributed by atoms with Crippen molar-refractivity contribution in [1.29, 1.82) is 0 Å². The highest BCUT2D eigenvalue weighted by atomic mass is 19.4. The topological polar surface area (TPSA) is 87.7 Å². The van der Waals surface area contributed by atoms with Crippen LogP contribution in [0.1, 0.15) is 25.8 Å². The third-order valence-electron chi connectivity index (χ3n) is 3.61. The summed E-state index contributed by atoms with van der Waals surface area (Å²) < 4.78 is 39.9. The molecule has 0 radical (unpaired) electrons. The van der Waals surface area contributed by atoms with Crippen molar-refractivity contribution in [3.63, 3.8) is 0 Å². The first kappa shape index (κ1) is 20.8. The minimum Gasteiger partial charge on any atom is -0.480 e. The molecule has 0 bridgehead atoms. The number of alkyl halides is 3. The van der Waals surface area contributed by atoms with Crippen LogP contribution in [0.25, 0.3) is 0 Å². The fraction of sp³-hybridized carbons (Fsp3) is 0.500. The van der Waals surface area contributed by atoms with Crippen LogP contribution in [0.4, 0.5) is 13.2 Å². The van der Waals surface area contributed by atoms with Gasteiger partial charge in [0.1, 0.15) is 11.8 Å². The Kier molecular flexibility index (Phi) is 7.69. The number of carbonyl (C=O) groups excluding carboxylic acids is 1. The predicted molar refractivity (Wildman–Crippen MR) is 83.9 cm³/mol. The molecular weight excluding hydrogens is 341 g/mol. The van der Waals surface area contributed by atoms with Crippen LogP contribution in [0.5, 0.6) is 5.75 Å². The first-order valence-corrected chi connectivity index (χ1v) is 7.70. The molecule has 1 rings (SSSR count). The average molecular weight is 362 g/mol. The quantitative estimate of drug-likeness (QED) is 0.627. The second-order valence-electron chi connectivity index (χ2n) is 5.55. The van der Waals surface area contributed by atoms with Crippen LogP contribution >= 0.6 is 0 Å². The van der Waals surface area contributed by atoms with Crippen molar-refractivity contribution >= 4 is 11.9 Å². The zero-order valence-corrected chi connectivity index (χ0v) is 13.9. The first-order chi connectivity index (χ1) is 11.6. The summed E-state index contributed by atoms with van der Waals surface area (Å²) >= 11 is 0. The normalized spacial score (nSPS) is 13.8. The van der Waals surface area contributed by atoms with E-state index in [0.717, 1.165) is 12.1 Å². The molecule has 25 heavy (non-hydrogen) atoms. The van der Waals surface area contributed by atoms with E-state index in [-0.39, 0.29) is 24.8 Å². The monoisotopic (exact) mass is 362 g/mol. The van der Waals surface area contributed by atoms with E-state index in [0.29, 0.717) is 12.0 Å². The van der Waals surface area contributed by atoms with Crippen molar-refractivity contribution in [2.24, 2.45) is 5.92 Å². The molecule has 140 valence electrons. The zero-order valence-electron chi connectivity index (χ0n) is 13.9. The molecule has 0 unspecified atom stereocenters. The molecule has 3 N–H and O–H groups in total. The molecule has 0 aromatic heterocycles. The van der Waals surface area contributed by atoms with E-state index in [1.165, 1.54) is 12.1 Å². The van der Waals surface area contributed by atoms with Crippen molar-refractivity contribution in [2.45, 2.75) is 39.2 Å². The van der Waals surface area contributed by atoms with Gasteiger partial charge in [0, 0.05) is 6.54 Å². The Morgan fingerprint density at radius 1 is 1.24 bits per heavy atom. The summed E-state index contributed by atoms with van der Waals surface area (Å²) in [5, 5.41) is 14.4. The SMILES string of the molecule is CC[C@H](C)[C@H](NCC(=O)NCc1ccc(OC(F)(F)F)cc1)C(=O)O. The fourth-order valence-electron chi connectivity index (χ4n) is 2.04. The van der Waals surface area contributed by atoms with Gasteiger partial charge in [-0.05, 0) is 23.6 Å². The van der Waals surface area contributed by atoms with Crippen LogP contribution in [0.3, 0.4) is 0 Å². The number of carboxylic acid groups (broad SMARTS) is 1. The second kappa shape index (κ2) is 9.26. The van der Waals surface area contributed by atoms with Gasteiger partial charge in [0.05, 0.1) is 6.54 Å². The van der Waals surface area contributed by atoms with E-state index in [4.69, 9.17) is 5.11 Å². The molecule has 0 saturated carbocycles. The third-order valence-corrected chi connectivity index (χ3v) is 3.61. The highest BCUT2D eigenvalue weighted by Gasteiger charge is 2.31. The maximum atomic E-state index is 12.1. The van der Waals surface area contributed by atoms with Crippen molar-refractivity contribution in [3.05, 3.63) is 29.8 Å². The third kappa shape index (κ3) is 7.88. The van der Waals surface area contributed by atoms with Gasteiger partial charge in [-0.1, -0.05) is 32.4 Å². The van der Waals surface area contributed by atoms with Gasteiger partial charge in [-0.25, -0.2) is 0 Å². The zero-order chi connectivity index (χ0) is 19.0. The van der Waals surface area contributed by atoms with Crippen LogP contribution in [0.2, 0.25) is 0 Å². The summed E-state index contributed by atoms with van der Waals surface area (Å²) in [6, 6.07) is 4.27. The Balaban J connectivity index is 2.44. The molecule has 0 aliphatic carbocycles. The van der Waals surface area contributed by atoms with Gasteiger partial charge in [-0.15, -0.1) is 13.2 Å². The summed E-state index contributed by atoms with van der Waals surface area (Å²) in [4.78, 5) is 22.9. The second-order valence-corrected chi connectivity index (χ2v) is 5.55. The largest absolute Gasteiger partial charge is 0.573 e. The lowest BCUT2D eigenvalue weighted by Crippen LogP contribution is -2.46. The Morgan fingerprint density at radius 3 is 2.32 bits per heavy atom. The molecule has 0 heterocycles. The summed E-state index contributed by atoms with van der Waals surface area (Å²) in [5.74, 6) is -1.92. The summed E-state index contributed by atoms with van der Waals surface area (Å²) in [5.41, 5.74) is 0.583. The first-order valence-electron chi connectivity index (χ1n) is 7.70. The lowest BCUT2D eigenvalue weighted by Gasteiger charge is -2.19. The van der Waals surface area contributed by atoms with Crippen LogP contribution in [0.15, 0.2) is 24.3 Å². The van der Waals surface area contributed by atoms with E-state index >= 15 is 0 Å². The van der Waals surface area contributed by atoms with Gasteiger partial charge in [-0.3, -0.25) is 14.9 Å². The van der Waals surface area contributed by atoms with Gasteiger partial charge in [0.15, 0.2) is 0 Å². The standard InChI is InChI=1S/C16H21F3N2O4/c1-3-10(2)14(15(23)24)21-9-13(22)20-8-11-4-6-12(7-5-11)25-16(17,18)19/h4-7,10,14,21H,3,8-9H2,1-2H3,(H,20,22)(H,23,24)/t10-,14-/m0/s1. The molecule has 1 aromatic carbocycles. The molecule has 0 fully saturated rings. The number of hydrogen-bond donors (Lipinski definition) is 3. The molecular formula is C16H21F3N2O4. The Hall–Kier alpha value is -2.29. The molecule has 0 spiro atoms. The fourth-order valence-corrected chi connectivity index (χ4v) is 2.04. The average Bonchev–Trinajstić information content (AvgIpc) is 2.52. The summed E-state index contributed by atoms with van der Waals surface area (Å²) in [6.07, 6.45) is -4.10. The van der Waals surface area contributed by atoms with E-state index in [1.54, 1.807) is 6.92 Å². The predicted octanol–water partition coefficient (Wildman–Crippen LogP) is 2.29. The van der Waals surface area contributed by atoms with E-state index < -0.39 is 24.3 Å². The Morgan fingerprint density at radius 2 is 1.84 bits per heavy atom. The van der Waals surface area contributed by atoms with Crippen molar-refractivity contribution in [3.8, 4) is 5.75 Å². The number of rotatable bonds is 9. The number of halogens is 3. The smallest absolute Gasteiger partial charge is 0.480 e. The molecule has 2 atom stereocenters. The number of benzene rings is 1. The molecule has 6 nitrogen and oxygen atoms in total. The Labute approximate surface area is 143 Å². The number of carboxylic acids is 1.